The number of allylic oxidation sites excluding steroid dienone is 2. The van der Waals surface area contributed by atoms with Gasteiger partial charge in [0.2, 0.25) is 5.91 Å². The summed E-state index contributed by atoms with van der Waals surface area (Å²) in [5.41, 5.74) is 0.259. The molecule has 1 fully saturated rings. The van der Waals surface area contributed by atoms with E-state index in [9.17, 15) is 9.59 Å². The summed E-state index contributed by atoms with van der Waals surface area (Å²) in [6, 6.07) is 8.94. The highest BCUT2D eigenvalue weighted by Gasteiger charge is 2.38. The molecule has 2 unspecified atom stereocenters. The van der Waals surface area contributed by atoms with Gasteiger partial charge in [-0.25, -0.2) is 4.79 Å². The molecule has 1 aliphatic heterocycles. The number of carbonyl (C=O) groups excluding carboxylic acids is 2. The second kappa shape index (κ2) is 9.80. The first-order valence-electron chi connectivity index (χ1n) is 11.3. The Kier molecular flexibility index (Phi) is 7.00. The molecule has 34 heavy (non-hydrogen) atoms. The molecule has 180 valence electrons. The van der Waals surface area contributed by atoms with Gasteiger partial charge in [-0.3, -0.25) is 4.79 Å². The van der Waals surface area contributed by atoms with Crippen LogP contribution in [0.5, 0.6) is 5.75 Å². The van der Waals surface area contributed by atoms with Crippen LogP contribution in [-0.4, -0.2) is 54.3 Å². The number of hydrogen-bond acceptors (Lipinski definition) is 5. The number of alkyl carbamates (subject to hydrolysis) is 1. The molecule has 0 saturated carbocycles. The van der Waals surface area contributed by atoms with Crippen molar-refractivity contribution in [2.75, 3.05) is 13.7 Å². The van der Waals surface area contributed by atoms with Gasteiger partial charge < -0.3 is 25.0 Å². The molecule has 2 N–H and O–H groups in total. The van der Waals surface area contributed by atoms with E-state index < -0.39 is 17.7 Å². The number of hydrogen-bond donors (Lipinski definition) is 2. The minimum Gasteiger partial charge on any atom is -0.496 e. The minimum atomic E-state index is -0.766. The molecule has 2 aliphatic rings. The first-order valence-corrected chi connectivity index (χ1v) is 12.1. The highest BCUT2D eigenvalue weighted by atomic mass is 79.9. The van der Waals surface area contributed by atoms with Crippen molar-refractivity contribution < 1.29 is 19.1 Å². The number of nitrogens with one attached hydrogen (secondary N) is 2. The lowest BCUT2D eigenvalue weighted by molar-refractivity contribution is -0.134. The van der Waals surface area contributed by atoms with Crippen LogP contribution in [-0.2, 0) is 16.1 Å². The van der Waals surface area contributed by atoms with Gasteiger partial charge in [0.15, 0.2) is 0 Å². The zero-order valence-electron chi connectivity index (χ0n) is 19.8. The molecule has 1 heterocycles. The number of ether oxygens (including phenoxy) is 2. The summed E-state index contributed by atoms with van der Waals surface area (Å²) in [7, 11) is 1.63. The zero-order chi connectivity index (χ0) is 24.5. The van der Waals surface area contributed by atoms with Crippen LogP contribution in [0.1, 0.15) is 26.3 Å². The number of nitrogens with zero attached hydrogens (tertiary/aromatic N) is 1. The maximum absolute atomic E-state index is 13.8. The summed E-state index contributed by atoms with van der Waals surface area (Å²) < 4.78 is 12.1. The van der Waals surface area contributed by atoms with E-state index in [1.807, 2.05) is 59.5 Å². The van der Waals surface area contributed by atoms with E-state index in [0.717, 1.165) is 20.8 Å². The monoisotopic (exact) mass is 527 g/mol. The topological polar surface area (TPSA) is 79.9 Å². The number of carbonyl (C=O) groups is 2. The van der Waals surface area contributed by atoms with Gasteiger partial charge in [-0.1, -0.05) is 52.4 Å². The van der Waals surface area contributed by atoms with Crippen molar-refractivity contribution in [1.82, 2.24) is 15.5 Å². The summed E-state index contributed by atoms with van der Waals surface area (Å²) in [5, 5.41) is 8.23. The molecule has 3 atom stereocenters. The summed E-state index contributed by atoms with van der Waals surface area (Å²) in [5.74, 6) is 0.533. The normalized spacial score (nSPS) is 22.3. The Morgan fingerprint density at radius 3 is 2.71 bits per heavy atom. The lowest BCUT2D eigenvalue weighted by Gasteiger charge is -2.34. The van der Waals surface area contributed by atoms with Crippen molar-refractivity contribution in [2.45, 2.75) is 51.0 Å². The van der Waals surface area contributed by atoms with Gasteiger partial charge in [-0.15, -0.1) is 0 Å². The van der Waals surface area contributed by atoms with Crippen molar-refractivity contribution in [3.05, 3.63) is 64.7 Å². The average Bonchev–Trinajstić information content (AvgIpc) is 2.90. The molecule has 1 saturated heterocycles. The van der Waals surface area contributed by atoms with Gasteiger partial charge in [0.1, 0.15) is 17.4 Å². The highest BCUT2D eigenvalue weighted by molar-refractivity contribution is 9.10. The first kappa shape index (κ1) is 24.3. The SMILES string of the molecule is COc1ccc2cc(Br)ccc2c1CN1C(=O)[C@@H](NC(=O)OC(C)(C)C)CNC2C=CC=CC21. The fourth-order valence-electron chi connectivity index (χ4n) is 4.39. The van der Waals surface area contributed by atoms with Crippen molar-refractivity contribution in [3.63, 3.8) is 0 Å². The Hall–Kier alpha value is -2.84. The standard InChI is InChI=1S/C26H30BrN3O4/c1-26(2,3)34-25(32)29-21-14-28-20-7-5-6-8-22(20)30(24(21)31)15-19-18-11-10-17(27)13-16(18)9-12-23(19)33-4/h5-13,20-22,28H,14-15H2,1-4H3,(H,29,32)/t20?,21-,22?/m0/s1. The van der Waals surface area contributed by atoms with Crippen LogP contribution in [0.15, 0.2) is 59.1 Å². The molecule has 2 aromatic rings. The van der Waals surface area contributed by atoms with Gasteiger partial charge in [0.05, 0.1) is 19.7 Å². The molecule has 8 heteroatoms. The van der Waals surface area contributed by atoms with Crippen molar-refractivity contribution in [2.24, 2.45) is 0 Å². The van der Waals surface area contributed by atoms with E-state index in [-0.39, 0.29) is 18.0 Å². The summed E-state index contributed by atoms with van der Waals surface area (Å²) >= 11 is 3.54. The van der Waals surface area contributed by atoms with Crippen molar-refractivity contribution >= 4 is 38.7 Å². The van der Waals surface area contributed by atoms with E-state index in [0.29, 0.717) is 18.8 Å². The van der Waals surface area contributed by atoms with Crippen LogP contribution in [0.25, 0.3) is 10.8 Å². The molecule has 7 nitrogen and oxygen atoms in total. The maximum Gasteiger partial charge on any atom is 0.408 e. The van der Waals surface area contributed by atoms with Gasteiger partial charge in [0.25, 0.3) is 0 Å². The molecule has 0 radical (unpaired) electrons. The fraction of sp³-hybridized carbons (Fsp3) is 0.385. The number of benzene rings is 2. The third kappa shape index (κ3) is 5.28. The Morgan fingerprint density at radius 1 is 1.21 bits per heavy atom. The minimum absolute atomic E-state index is 0.0745. The van der Waals surface area contributed by atoms with Gasteiger partial charge in [-0.2, -0.15) is 0 Å². The summed E-state index contributed by atoms with van der Waals surface area (Å²) in [6.07, 6.45) is 7.35. The third-order valence-corrected chi connectivity index (χ3v) is 6.39. The first-order chi connectivity index (χ1) is 16.2. The average molecular weight is 528 g/mol. The Balaban J connectivity index is 1.70. The van der Waals surface area contributed by atoms with Crippen molar-refractivity contribution in [1.29, 1.82) is 0 Å². The highest BCUT2D eigenvalue weighted by Crippen LogP contribution is 2.32. The lowest BCUT2D eigenvalue weighted by atomic mass is 9.98. The third-order valence-electron chi connectivity index (χ3n) is 5.89. The van der Waals surface area contributed by atoms with E-state index in [1.54, 1.807) is 27.9 Å². The van der Waals surface area contributed by atoms with E-state index in [1.165, 1.54) is 0 Å². The van der Waals surface area contributed by atoms with Crippen LogP contribution in [0.4, 0.5) is 4.79 Å². The molecule has 1 aliphatic carbocycles. The Labute approximate surface area is 208 Å². The predicted octanol–water partition coefficient (Wildman–Crippen LogP) is 4.30. The molecule has 0 aromatic heterocycles. The maximum atomic E-state index is 13.8. The summed E-state index contributed by atoms with van der Waals surface area (Å²) in [6.45, 7) is 6.01. The second-order valence-corrected chi connectivity index (χ2v) is 10.4. The van der Waals surface area contributed by atoms with Gasteiger partial charge >= 0.3 is 6.09 Å². The number of amides is 2. The van der Waals surface area contributed by atoms with Crippen LogP contribution in [0.2, 0.25) is 0 Å². The van der Waals surface area contributed by atoms with Gasteiger partial charge in [0, 0.05) is 22.6 Å². The molecular formula is C26H30BrN3O4. The van der Waals surface area contributed by atoms with E-state index >= 15 is 0 Å². The summed E-state index contributed by atoms with van der Waals surface area (Å²) in [4.78, 5) is 28.1. The predicted molar refractivity (Wildman–Crippen MR) is 136 cm³/mol. The molecule has 0 spiro atoms. The van der Waals surface area contributed by atoms with Crippen LogP contribution in [0, 0.1) is 0 Å². The number of methoxy groups -OCH3 is 1. The van der Waals surface area contributed by atoms with Crippen LogP contribution < -0.4 is 15.4 Å². The quantitative estimate of drug-likeness (QED) is 0.619. The van der Waals surface area contributed by atoms with Gasteiger partial charge in [-0.05, 0) is 49.7 Å². The number of fused-ring (bicyclic) bond motifs is 2. The van der Waals surface area contributed by atoms with Crippen LogP contribution >= 0.6 is 15.9 Å². The van der Waals surface area contributed by atoms with E-state index in [2.05, 4.69) is 26.6 Å². The van der Waals surface area contributed by atoms with Crippen molar-refractivity contribution in [3.8, 4) is 5.75 Å². The second-order valence-electron chi connectivity index (χ2n) is 9.47. The number of halogens is 1. The Morgan fingerprint density at radius 2 is 1.97 bits per heavy atom. The lowest BCUT2D eigenvalue weighted by Crippen LogP contribution is -2.52. The van der Waals surface area contributed by atoms with Crippen LogP contribution in [0.3, 0.4) is 0 Å². The molecule has 4 rings (SSSR count). The molecule has 2 aromatic carbocycles. The smallest absolute Gasteiger partial charge is 0.408 e. The largest absolute Gasteiger partial charge is 0.496 e. The van der Waals surface area contributed by atoms with E-state index in [4.69, 9.17) is 9.47 Å². The molecular weight excluding hydrogens is 498 g/mol. The molecule has 2 amide bonds. The number of rotatable bonds is 4. The molecule has 0 bridgehead atoms. The Bertz CT molecular complexity index is 1150. The zero-order valence-corrected chi connectivity index (χ0v) is 21.4. The fourth-order valence-corrected chi connectivity index (χ4v) is 4.76.